The van der Waals surface area contributed by atoms with Crippen LogP contribution >= 0.6 is 0 Å². The minimum Gasteiger partial charge on any atom is -0.372 e. The van der Waals surface area contributed by atoms with Gasteiger partial charge in [0.15, 0.2) is 11.5 Å². The van der Waals surface area contributed by atoms with Crippen LogP contribution in [0.1, 0.15) is 11.9 Å². The van der Waals surface area contributed by atoms with Gasteiger partial charge >= 0.3 is 0 Å². The van der Waals surface area contributed by atoms with Crippen molar-refractivity contribution in [3.8, 4) is 0 Å². The third-order valence-corrected chi connectivity index (χ3v) is 1.99. The lowest BCUT2D eigenvalue weighted by Crippen LogP contribution is -2.17. The maximum absolute atomic E-state index is 5.53. The van der Waals surface area contributed by atoms with E-state index in [1.54, 1.807) is 23.9 Å². The van der Waals surface area contributed by atoms with Crippen molar-refractivity contribution in [2.45, 2.75) is 6.10 Å². The van der Waals surface area contributed by atoms with Crippen LogP contribution in [0.3, 0.4) is 0 Å². The zero-order valence-corrected chi connectivity index (χ0v) is 7.79. The molecule has 2 aromatic heterocycles. The van der Waals surface area contributed by atoms with E-state index in [1.165, 1.54) is 0 Å². The Bertz CT molecular complexity index is 422. The average Bonchev–Trinajstić information content (AvgIpc) is 2.65. The maximum Gasteiger partial charge on any atom is 0.184 e. The third-order valence-electron chi connectivity index (χ3n) is 1.99. The molecule has 0 bridgehead atoms. The molecule has 0 amide bonds. The van der Waals surface area contributed by atoms with Crippen molar-refractivity contribution in [2.24, 2.45) is 5.73 Å². The average molecular weight is 193 g/mol. The second-order valence-corrected chi connectivity index (χ2v) is 2.81. The summed E-state index contributed by atoms with van der Waals surface area (Å²) in [5.74, 6) is 0.630. The van der Waals surface area contributed by atoms with E-state index in [-0.39, 0.29) is 6.10 Å². The first kappa shape index (κ1) is 9.04. The van der Waals surface area contributed by atoms with Gasteiger partial charge in [-0.25, -0.2) is 0 Å². The van der Waals surface area contributed by atoms with Gasteiger partial charge in [0.25, 0.3) is 0 Å². The van der Waals surface area contributed by atoms with E-state index in [4.69, 9.17) is 10.5 Å². The number of hydrogen-bond donors (Lipinski definition) is 1. The molecule has 14 heavy (non-hydrogen) atoms. The molecule has 0 aliphatic rings. The number of nitrogens with two attached hydrogens (primary N) is 1. The molecule has 0 aromatic carbocycles. The Balaban J connectivity index is 2.51. The molecule has 0 radical (unpaired) electrons. The lowest BCUT2D eigenvalue weighted by molar-refractivity contribution is 0.101. The second kappa shape index (κ2) is 3.69. The summed E-state index contributed by atoms with van der Waals surface area (Å²) in [6, 6.07) is 3.63. The fourth-order valence-corrected chi connectivity index (χ4v) is 1.27. The topological polar surface area (TPSA) is 78.3 Å². The first-order chi connectivity index (χ1) is 6.86. The minimum atomic E-state index is -0.264. The number of hydrogen-bond acceptors (Lipinski definition) is 5. The van der Waals surface area contributed by atoms with Crippen molar-refractivity contribution in [3.63, 3.8) is 0 Å². The van der Waals surface area contributed by atoms with E-state index in [0.29, 0.717) is 18.0 Å². The Kier molecular flexibility index (Phi) is 2.38. The van der Waals surface area contributed by atoms with Gasteiger partial charge in [0, 0.05) is 19.9 Å². The molecular weight excluding hydrogens is 182 g/mol. The Morgan fingerprint density at radius 2 is 2.43 bits per heavy atom. The lowest BCUT2D eigenvalue weighted by Gasteiger charge is -2.09. The van der Waals surface area contributed by atoms with Crippen LogP contribution < -0.4 is 5.73 Å². The highest BCUT2D eigenvalue weighted by Crippen LogP contribution is 2.12. The fourth-order valence-electron chi connectivity index (χ4n) is 1.27. The van der Waals surface area contributed by atoms with Crippen molar-refractivity contribution < 1.29 is 4.74 Å². The summed E-state index contributed by atoms with van der Waals surface area (Å²) in [6.07, 6.45) is 1.41. The Labute approximate surface area is 80.7 Å². The van der Waals surface area contributed by atoms with Crippen molar-refractivity contribution in [1.82, 2.24) is 19.8 Å². The molecule has 1 atom stereocenters. The zero-order chi connectivity index (χ0) is 9.97. The van der Waals surface area contributed by atoms with E-state index in [9.17, 15) is 0 Å². The van der Waals surface area contributed by atoms with Crippen LogP contribution in [0.4, 0.5) is 0 Å². The van der Waals surface area contributed by atoms with E-state index in [2.05, 4.69) is 15.3 Å². The molecule has 2 N–H and O–H groups in total. The van der Waals surface area contributed by atoms with E-state index in [1.807, 2.05) is 6.07 Å². The van der Waals surface area contributed by atoms with E-state index < -0.39 is 0 Å². The Hall–Kier alpha value is -1.53. The lowest BCUT2D eigenvalue weighted by atomic mass is 10.3. The minimum absolute atomic E-state index is 0.264. The molecule has 0 aliphatic heterocycles. The van der Waals surface area contributed by atoms with Gasteiger partial charge in [0.1, 0.15) is 6.10 Å². The molecule has 0 fully saturated rings. The Morgan fingerprint density at radius 1 is 1.57 bits per heavy atom. The predicted molar refractivity (Wildman–Crippen MR) is 49.6 cm³/mol. The van der Waals surface area contributed by atoms with Crippen LogP contribution in [-0.4, -0.2) is 33.5 Å². The van der Waals surface area contributed by atoms with Gasteiger partial charge < -0.3 is 10.5 Å². The molecule has 0 aliphatic carbocycles. The van der Waals surface area contributed by atoms with Crippen LogP contribution in [0.2, 0.25) is 0 Å². The normalized spacial score (nSPS) is 13.3. The van der Waals surface area contributed by atoms with Gasteiger partial charge in [-0.3, -0.25) is 0 Å². The fraction of sp³-hybridized carbons (Fsp3) is 0.375. The van der Waals surface area contributed by atoms with Gasteiger partial charge in [-0.05, 0) is 12.1 Å². The molecule has 0 saturated carbocycles. The third kappa shape index (κ3) is 1.34. The van der Waals surface area contributed by atoms with Crippen LogP contribution in [0, 0.1) is 0 Å². The molecule has 74 valence electrons. The highest BCUT2D eigenvalue weighted by molar-refractivity contribution is 5.34. The summed E-state index contributed by atoms with van der Waals surface area (Å²) in [4.78, 5) is 0. The summed E-state index contributed by atoms with van der Waals surface area (Å²) >= 11 is 0. The van der Waals surface area contributed by atoms with Gasteiger partial charge in [-0.2, -0.15) is 9.61 Å². The largest absolute Gasteiger partial charge is 0.372 e. The molecular formula is C8H11N5O. The molecule has 6 heteroatoms. The number of ether oxygens (including phenoxy) is 1. The highest BCUT2D eigenvalue weighted by atomic mass is 16.5. The van der Waals surface area contributed by atoms with Crippen molar-refractivity contribution in [2.75, 3.05) is 13.7 Å². The van der Waals surface area contributed by atoms with Crippen LogP contribution in [-0.2, 0) is 4.74 Å². The highest BCUT2D eigenvalue weighted by Gasteiger charge is 2.16. The summed E-state index contributed by atoms with van der Waals surface area (Å²) in [7, 11) is 1.58. The zero-order valence-electron chi connectivity index (χ0n) is 7.79. The predicted octanol–water partition coefficient (Wildman–Crippen LogP) is -0.230. The second-order valence-electron chi connectivity index (χ2n) is 2.81. The van der Waals surface area contributed by atoms with Crippen LogP contribution in [0.5, 0.6) is 0 Å². The first-order valence-corrected chi connectivity index (χ1v) is 4.26. The summed E-state index contributed by atoms with van der Waals surface area (Å²) < 4.78 is 6.79. The number of rotatable bonds is 3. The summed E-state index contributed by atoms with van der Waals surface area (Å²) in [6.45, 7) is 0.355. The van der Waals surface area contributed by atoms with Gasteiger partial charge in [0.2, 0.25) is 0 Å². The SMILES string of the molecule is COC(CN)c1nnc2cccnn12. The molecule has 6 nitrogen and oxygen atoms in total. The molecule has 0 spiro atoms. The molecule has 2 rings (SSSR count). The van der Waals surface area contributed by atoms with Gasteiger partial charge in [-0.1, -0.05) is 0 Å². The van der Waals surface area contributed by atoms with Crippen molar-refractivity contribution in [3.05, 3.63) is 24.2 Å². The number of fused-ring (bicyclic) bond motifs is 1. The van der Waals surface area contributed by atoms with E-state index in [0.717, 1.165) is 0 Å². The monoisotopic (exact) mass is 193 g/mol. The number of aromatic nitrogens is 4. The number of methoxy groups -OCH3 is 1. The van der Waals surface area contributed by atoms with Crippen LogP contribution in [0.15, 0.2) is 18.3 Å². The van der Waals surface area contributed by atoms with Crippen molar-refractivity contribution in [1.29, 1.82) is 0 Å². The van der Waals surface area contributed by atoms with Crippen LogP contribution in [0.25, 0.3) is 5.65 Å². The smallest absolute Gasteiger partial charge is 0.184 e. The quantitative estimate of drug-likeness (QED) is 0.728. The summed E-state index contributed by atoms with van der Waals surface area (Å²) in [5, 5.41) is 12.0. The molecule has 0 saturated heterocycles. The standard InChI is InChI=1S/C8H11N5O/c1-14-6(5-9)8-12-11-7-3-2-4-10-13(7)8/h2-4,6H,5,9H2,1H3. The van der Waals surface area contributed by atoms with Gasteiger partial charge in [-0.15, -0.1) is 10.2 Å². The first-order valence-electron chi connectivity index (χ1n) is 4.26. The Morgan fingerprint density at radius 3 is 3.14 bits per heavy atom. The van der Waals surface area contributed by atoms with Gasteiger partial charge in [0.05, 0.1) is 0 Å². The van der Waals surface area contributed by atoms with Crippen molar-refractivity contribution >= 4 is 5.65 Å². The molecule has 2 aromatic rings. The summed E-state index contributed by atoms with van der Waals surface area (Å²) in [5.41, 5.74) is 6.22. The molecule has 2 heterocycles. The number of nitrogens with zero attached hydrogens (tertiary/aromatic N) is 4. The maximum atomic E-state index is 5.53. The van der Waals surface area contributed by atoms with E-state index >= 15 is 0 Å². The molecule has 1 unspecified atom stereocenters.